The molecule has 1 fully saturated rings. The van der Waals surface area contributed by atoms with Crippen LogP contribution in [0.4, 0.5) is 0 Å². The molecule has 0 N–H and O–H groups in total. The molecule has 0 bridgehead atoms. The van der Waals surface area contributed by atoms with Crippen LogP contribution in [-0.2, 0) is 9.53 Å². The lowest BCUT2D eigenvalue weighted by atomic mass is 10.0. The van der Waals surface area contributed by atoms with Gasteiger partial charge in [-0.05, 0) is 19.3 Å². The fraction of sp³-hybridized carbons (Fsp3) is 0.929. The molecule has 1 atom stereocenters. The highest BCUT2D eigenvalue weighted by atomic mass is 16.5. The number of carbonyl (C=O) groups excluding carboxylic acids is 1. The number of carbonyl (C=O) groups is 1. The van der Waals surface area contributed by atoms with E-state index in [-0.39, 0.29) is 12.1 Å². The Morgan fingerprint density at radius 2 is 1.69 bits per heavy atom. The number of ether oxygens (including phenoxy) is 1. The van der Waals surface area contributed by atoms with E-state index in [1.807, 2.05) is 0 Å². The molecule has 1 saturated heterocycles. The van der Waals surface area contributed by atoms with Gasteiger partial charge in [0.25, 0.3) is 0 Å². The second kappa shape index (κ2) is 8.60. The van der Waals surface area contributed by atoms with Crippen LogP contribution in [0.25, 0.3) is 0 Å². The van der Waals surface area contributed by atoms with Crippen LogP contribution < -0.4 is 0 Å². The molecular formula is C14H26O2. The molecule has 1 heterocycles. The van der Waals surface area contributed by atoms with Crippen LogP contribution in [0.2, 0.25) is 0 Å². The highest BCUT2D eigenvalue weighted by Gasteiger charge is 2.22. The fourth-order valence-corrected chi connectivity index (χ4v) is 2.29. The van der Waals surface area contributed by atoms with E-state index >= 15 is 0 Å². The van der Waals surface area contributed by atoms with Crippen molar-refractivity contribution in [1.29, 1.82) is 0 Å². The number of hydrogen-bond acceptors (Lipinski definition) is 2. The predicted octanol–water partition coefficient (Wildman–Crippen LogP) is 4.22. The average molecular weight is 226 g/mol. The molecule has 0 radical (unpaired) electrons. The van der Waals surface area contributed by atoms with Crippen LogP contribution in [0.3, 0.4) is 0 Å². The normalized spacial score (nSPS) is 20.1. The van der Waals surface area contributed by atoms with Gasteiger partial charge in [-0.2, -0.15) is 0 Å². The summed E-state index contributed by atoms with van der Waals surface area (Å²) in [5, 5.41) is 0. The van der Waals surface area contributed by atoms with Crippen LogP contribution in [0, 0.1) is 0 Å². The monoisotopic (exact) mass is 226 g/mol. The van der Waals surface area contributed by atoms with E-state index in [0.29, 0.717) is 6.42 Å². The van der Waals surface area contributed by atoms with Gasteiger partial charge < -0.3 is 4.74 Å². The summed E-state index contributed by atoms with van der Waals surface area (Å²) in [6.45, 7) is 2.25. The molecule has 0 saturated carbocycles. The van der Waals surface area contributed by atoms with E-state index in [0.717, 1.165) is 12.8 Å². The second-order valence-corrected chi connectivity index (χ2v) is 4.91. The Morgan fingerprint density at radius 1 is 1.06 bits per heavy atom. The fourth-order valence-electron chi connectivity index (χ4n) is 2.29. The van der Waals surface area contributed by atoms with Gasteiger partial charge in [-0.1, -0.05) is 51.9 Å². The first-order valence-corrected chi connectivity index (χ1v) is 7.02. The quantitative estimate of drug-likeness (QED) is 0.434. The van der Waals surface area contributed by atoms with E-state index < -0.39 is 0 Å². The maximum absolute atomic E-state index is 10.9. The first-order valence-electron chi connectivity index (χ1n) is 7.02. The Bertz CT molecular complexity index is 189. The molecule has 2 nitrogen and oxygen atoms in total. The Labute approximate surface area is 99.8 Å². The lowest BCUT2D eigenvalue weighted by Gasteiger charge is -2.08. The van der Waals surface area contributed by atoms with Gasteiger partial charge in [-0.15, -0.1) is 0 Å². The van der Waals surface area contributed by atoms with Crippen molar-refractivity contribution in [2.24, 2.45) is 0 Å². The molecule has 1 aliphatic rings. The topological polar surface area (TPSA) is 26.3 Å². The van der Waals surface area contributed by atoms with Gasteiger partial charge in [-0.3, -0.25) is 4.79 Å². The van der Waals surface area contributed by atoms with Crippen molar-refractivity contribution in [2.75, 3.05) is 0 Å². The predicted molar refractivity (Wildman–Crippen MR) is 66.3 cm³/mol. The smallest absolute Gasteiger partial charge is 0.306 e. The standard InChI is InChI=1S/C14H26O2/c1-2-3-4-5-6-7-8-9-10-13-11-12-14(15)16-13/h13H,2-12H2,1H3. The summed E-state index contributed by atoms with van der Waals surface area (Å²) in [4.78, 5) is 10.9. The summed E-state index contributed by atoms with van der Waals surface area (Å²) in [6, 6.07) is 0. The van der Waals surface area contributed by atoms with E-state index in [4.69, 9.17) is 4.74 Å². The van der Waals surface area contributed by atoms with Crippen LogP contribution in [-0.4, -0.2) is 12.1 Å². The lowest BCUT2D eigenvalue weighted by molar-refractivity contribution is -0.141. The van der Waals surface area contributed by atoms with E-state index in [2.05, 4.69) is 6.92 Å². The minimum absolute atomic E-state index is 0.00423. The molecule has 94 valence electrons. The summed E-state index contributed by atoms with van der Waals surface area (Å²) < 4.78 is 5.18. The Balaban J connectivity index is 1.79. The Kier molecular flexibility index (Phi) is 7.28. The molecule has 0 aromatic carbocycles. The van der Waals surface area contributed by atoms with E-state index in [1.54, 1.807) is 0 Å². The first-order chi connectivity index (χ1) is 7.83. The van der Waals surface area contributed by atoms with Gasteiger partial charge in [0.15, 0.2) is 0 Å². The third-order valence-corrected chi connectivity index (χ3v) is 3.35. The minimum atomic E-state index is 0.00423. The van der Waals surface area contributed by atoms with Gasteiger partial charge in [-0.25, -0.2) is 0 Å². The van der Waals surface area contributed by atoms with E-state index in [1.165, 1.54) is 51.4 Å². The molecule has 2 heteroatoms. The molecule has 1 aliphatic heterocycles. The van der Waals surface area contributed by atoms with Crippen molar-refractivity contribution >= 4 is 5.97 Å². The zero-order valence-electron chi connectivity index (χ0n) is 10.7. The third kappa shape index (κ3) is 6.14. The summed E-state index contributed by atoms with van der Waals surface area (Å²) in [7, 11) is 0. The number of rotatable bonds is 9. The SMILES string of the molecule is CCCCCCCCCCC1CCC(=O)O1. The molecule has 0 aliphatic carbocycles. The number of esters is 1. The Morgan fingerprint density at radius 3 is 2.25 bits per heavy atom. The summed E-state index contributed by atoms with van der Waals surface area (Å²) in [6.07, 6.45) is 13.7. The van der Waals surface area contributed by atoms with Gasteiger partial charge >= 0.3 is 5.97 Å². The molecule has 0 aromatic heterocycles. The zero-order valence-corrected chi connectivity index (χ0v) is 10.7. The largest absolute Gasteiger partial charge is 0.462 e. The van der Waals surface area contributed by atoms with Crippen molar-refractivity contribution in [3.63, 3.8) is 0 Å². The highest BCUT2D eigenvalue weighted by Crippen LogP contribution is 2.20. The third-order valence-electron chi connectivity index (χ3n) is 3.35. The van der Waals surface area contributed by atoms with Crippen LogP contribution in [0.5, 0.6) is 0 Å². The highest BCUT2D eigenvalue weighted by molar-refractivity contribution is 5.71. The molecule has 1 rings (SSSR count). The second-order valence-electron chi connectivity index (χ2n) is 4.91. The van der Waals surface area contributed by atoms with Crippen LogP contribution in [0.1, 0.15) is 77.6 Å². The van der Waals surface area contributed by atoms with Crippen molar-refractivity contribution in [1.82, 2.24) is 0 Å². The first kappa shape index (κ1) is 13.5. The van der Waals surface area contributed by atoms with Crippen molar-refractivity contribution in [2.45, 2.75) is 83.7 Å². The summed E-state index contributed by atoms with van der Waals surface area (Å²) in [5.41, 5.74) is 0. The van der Waals surface area contributed by atoms with Crippen molar-refractivity contribution in [3.05, 3.63) is 0 Å². The minimum Gasteiger partial charge on any atom is -0.462 e. The summed E-state index contributed by atoms with van der Waals surface area (Å²) in [5.74, 6) is 0.00423. The number of hydrogen-bond donors (Lipinski definition) is 0. The van der Waals surface area contributed by atoms with Crippen molar-refractivity contribution in [3.8, 4) is 0 Å². The van der Waals surface area contributed by atoms with Gasteiger partial charge in [0.05, 0.1) is 0 Å². The van der Waals surface area contributed by atoms with Gasteiger partial charge in [0.2, 0.25) is 0 Å². The van der Waals surface area contributed by atoms with Gasteiger partial charge in [0.1, 0.15) is 6.10 Å². The average Bonchev–Trinajstić information content (AvgIpc) is 2.68. The maximum Gasteiger partial charge on any atom is 0.306 e. The summed E-state index contributed by atoms with van der Waals surface area (Å²) >= 11 is 0. The molecule has 0 aromatic rings. The number of unbranched alkanes of at least 4 members (excludes halogenated alkanes) is 7. The number of cyclic esters (lactones) is 1. The molecule has 0 spiro atoms. The molecular weight excluding hydrogens is 200 g/mol. The lowest BCUT2D eigenvalue weighted by Crippen LogP contribution is -2.06. The zero-order chi connectivity index (χ0) is 11.6. The molecule has 16 heavy (non-hydrogen) atoms. The van der Waals surface area contributed by atoms with Crippen molar-refractivity contribution < 1.29 is 9.53 Å². The van der Waals surface area contributed by atoms with Crippen LogP contribution in [0.15, 0.2) is 0 Å². The van der Waals surface area contributed by atoms with Gasteiger partial charge in [0, 0.05) is 6.42 Å². The van der Waals surface area contributed by atoms with Crippen LogP contribution >= 0.6 is 0 Å². The maximum atomic E-state index is 10.9. The van der Waals surface area contributed by atoms with E-state index in [9.17, 15) is 4.79 Å². The molecule has 0 amide bonds. The Hall–Kier alpha value is -0.530. The molecule has 1 unspecified atom stereocenters.